The Morgan fingerprint density at radius 2 is 2.11 bits per heavy atom. The predicted octanol–water partition coefficient (Wildman–Crippen LogP) is 1.54. The quantitative estimate of drug-likeness (QED) is 0.827. The molecule has 1 aromatic carbocycles. The van der Waals surface area contributed by atoms with E-state index in [0.717, 1.165) is 26.2 Å². The van der Waals surface area contributed by atoms with Crippen molar-refractivity contribution in [1.29, 1.82) is 0 Å². The molecular formula is C15H25N3. The van der Waals surface area contributed by atoms with Crippen molar-refractivity contribution in [2.24, 2.45) is 5.73 Å². The number of hydrogen-bond acceptors (Lipinski definition) is 3. The lowest BCUT2D eigenvalue weighted by molar-refractivity contribution is 0.191. The van der Waals surface area contributed by atoms with E-state index in [1.807, 2.05) is 0 Å². The molecule has 1 aliphatic heterocycles. The minimum Gasteiger partial charge on any atom is -0.329 e. The van der Waals surface area contributed by atoms with Crippen LogP contribution in [0.5, 0.6) is 0 Å². The molecule has 3 heteroatoms. The van der Waals surface area contributed by atoms with Gasteiger partial charge in [0.15, 0.2) is 0 Å². The molecule has 0 spiro atoms. The number of benzene rings is 1. The summed E-state index contributed by atoms with van der Waals surface area (Å²) in [6.45, 7) is 5.23. The SMILES string of the molecule is CN(Cc1ccccc1)CC1CCCN1CCN. The second kappa shape index (κ2) is 6.88. The molecule has 1 heterocycles. The Bertz CT molecular complexity index is 339. The van der Waals surface area contributed by atoms with Crippen molar-refractivity contribution in [3.8, 4) is 0 Å². The van der Waals surface area contributed by atoms with E-state index >= 15 is 0 Å². The van der Waals surface area contributed by atoms with Crippen molar-refractivity contribution in [3.63, 3.8) is 0 Å². The molecule has 1 unspecified atom stereocenters. The predicted molar refractivity (Wildman–Crippen MR) is 76.4 cm³/mol. The second-order valence-electron chi connectivity index (χ2n) is 5.30. The Balaban J connectivity index is 1.81. The zero-order chi connectivity index (χ0) is 12.8. The molecule has 1 atom stereocenters. The molecule has 100 valence electrons. The number of rotatable bonds is 6. The van der Waals surface area contributed by atoms with Gasteiger partial charge in [0.1, 0.15) is 0 Å². The van der Waals surface area contributed by atoms with Crippen molar-refractivity contribution < 1.29 is 0 Å². The summed E-state index contributed by atoms with van der Waals surface area (Å²) in [5, 5.41) is 0. The zero-order valence-electron chi connectivity index (χ0n) is 11.4. The Morgan fingerprint density at radius 3 is 2.83 bits per heavy atom. The molecule has 0 aromatic heterocycles. The van der Waals surface area contributed by atoms with Crippen LogP contribution in [0.1, 0.15) is 18.4 Å². The van der Waals surface area contributed by atoms with E-state index in [4.69, 9.17) is 5.73 Å². The van der Waals surface area contributed by atoms with Gasteiger partial charge < -0.3 is 10.6 Å². The molecule has 2 N–H and O–H groups in total. The van der Waals surface area contributed by atoms with Gasteiger partial charge in [-0.25, -0.2) is 0 Å². The number of likely N-dealkylation sites (N-methyl/N-ethyl adjacent to an activating group) is 1. The van der Waals surface area contributed by atoms with Crippen LogP contribution in [0.2, 0.25) is 0 Å². The van der Waals surface area contributed by atoms with Crippen LogP contribution in [0.25, 0.3) is 0 Å². The van der Waals surface area contributed by atoms with Crippen molar-refractivity contribution in [2.45, 2.75) is 25.4 Å². The minimum absolute atomic E-state index is 0.697. The van der Waals surface area contributed by atoms with Crippen LogP contribution < -0.4 is 5.73 Å². The van der Waals surface area contributed by atoms with Crippen molar-refractivity contribution in [3.05, 3.63) is 35.9 Å². The average Bonchev–Trinajstić information content (AvgIpc) is 2.78. The summed E-state index contributed by atoms with van der Waals surface area (Å²) in [7, 11) is 2.21. The summed E-state index contributed by atoms with van der Waals surface area (Å²) in [5.41, 5.74) is 7.06. The molecule has 1 saturated heterocycles. The van der Waals surface area contributed by atoms with E-state index < -0.39 is 0 Å². The number of nitrogens with zero attached hydrogens (tertiary/aromatic N) is 2. The third-order valence-corrected chi connectivity index (χ3v) is 3.73. The van der Waals surface area contributed by atoms with Gasteiger partial charge in [0.2, 0.25) is 0 Å². The summed E-state index contributed by atoms with van der Waals surface area (Å²) in [6, 6.07) is 11.4. The van der Waals surface area contributed by atoms with Gasteiger partial charge in [0, 0.05) is 32.2 Å². The largest absolute Gasteiger partial charge is 0.329 e. The first kappa shape index (κ1) is 13.5. The average molecular weight is 247 g/mol. The first-order valence-corrected chi connectivity index (χ1v) is 6.96. The van der Waals surface area contributed by atoms with Gasteiger partial charge in [-0.15, -0.1) is 0 Å². The number of likely N-dealkylation sites (tertiary alicyclic amines) is 1. The molecular weight excluding hydrogens is 222 g/mol. The van der Waals surface area contributed by atoms with Gasteiger partial charge in [-0.1, -0.05) is 30.3 Å². The Morgan fingerprint density at radius 1 is 1.33 bits per heavy atom. The third kappa shape index (κ3) is 3.80. The lowest BCUT2D eigenvalue weighted by Crippen LogP contribution is -2.40. The van der Waals surface area contributed by atoms with Crippen LogP contribution >= 0.6 is 0 Å². The van der Waals surface area contributed by atoms with Crippen molar-refractivity contribution >= 4 is 0 Å². The first-order valence-electron chi connectivity index (χ1n) is 6.96. The molecule has 0 bridgehead atoms. The van der Waals surface area contributed by atoms with Crippen LogP contribution in [0.3, 0.4) is 0 Å². The smallest absolute Gasteiger partial charge is 0.0231 e. The highest BCUT2D eigenvalue weighted by Crippen LogP contribution is 2.17. The van der Waals surface area contributed by atoms with Gasteiger partial charge in [-0.05, 0) is 32.0 Å². The van der Waals surface area contributed by atoms with Crippen molar-refractivity contribution in [1.82, 2.24) is 9.80 Å². The van der Waals surface area contributed by atoms with E-state index in [1.165, 1.54) is 24.9 Å². The lowest BCUT2D eigenvalue weighted by Gasteiger charge is -2.28. The van der Waals surface area contributed by atoms with Gasteiger partial charge in [0.05, 0.1) is 0 Å². The summed E-state index contributed by atoms with van der Waals surface area (Å²) in [6.07, 6.45) is 2.64. The number of hydrogen-bond donors (Lipinski definition) is 1. The molecule has 2 rings (SSSR count). The highest BCUT2D eigenvalue weighted by molar-refractivity contribution is 5.14. The fourth-order valence-corrected chi connectivity index (χ4v) is 2.88. The van der Waals surface area contributed by atoms with E-state index in [9.17, 15) is 0 Å². The highest BCUT2D eigenvalue weighted by atomic mass is 15.2. The molecule has 1 aromatic rings. The van der Waals surface area contributed by atoms with Crippen LogP contribution in [-0.2, 0) is 6.54 Å². The highest BCUT2D eigenvalue weighted by Gasteiger charge is 2.24. The summed E-state index contributed by atoms with van der Waals surface area (Å²) in [5.74, 6) is 0. The Labute approximate surface area is 111 Å². The molecule has 0 radical (unpaired) electrons. The maximum absolute atomic E-state index is 5.67. The molecule has 0 amide bonds. The van der Waals surface area contributed by atoms with E-state index in [-0.39, 0.29) is 0 Å². The van der Waals surface area contributed by atoms with Crippen LogP contribution in [0.15, 0.2) is 30.3 Å². The normalized spacial score (nSPS) is 20.7. The fraction of sp³-hybridized carbons (Fsp3) is 0.600. The summed E-state index contributed by atoms with van der Waals surface area (Å²) >= 11 is 0. The number of nitrogens with two attached hydrogens (primary N) is 1. The van der Waals surface area contributed by atoms with Gasteiger partial charge in [0.25, 0.3) is 0 Å². The van der Waals surface area contributed by atoms with E-state index in [0.29, 0.717) is 6.04 Å². The van der Waals surface area contributed by atoms with Crippen LogP contribution in [0.4, 0.5) is 0 Å². The Hall–Kier alpha value is -0.900. The van der Waals surface area contributed by atoms with Gasteiger partial charge in [-0.2, -0.15) is 0 Å². The third-order valence-electron chi connectivity index (χ3n) is 3.73. The van der Waals surface area contributed by atoms with E-state index in [1.54, 1.807) is 0 Å². The molecule has 1 aliphatic rings. The molecule has 0 aliphatic carbocycles. The minimum atomic E-state index is 0.697. The zero-order valence-corrected chi connectivity index (χ0v) is 11.4. The topological polar surface area (TPSA) is 32.5 Å². The summed E-state index contributed by atoms with van der Waals surface area (Å²) < 4.78 is 0. The fourth-order valence-electron chi connectivity index (χ4n) is 2.88. The monoisotopic (exact) mass is 247 g/mol. The van der Waals surface area contributed by atoms with E-state index in [2.05, 4.69) is 47.2 Å². The maximum atomic E-state index is 5.67. The molecule has 3 nitrogen and oxygen atoms in total. The maximum Gasteiger partial charge on any atom is 0.0231 e. The molecule has 0 saturated carbocycles. The standard InChI is InChI=1S/C15H25N3/c1-17(12-14-6-3-2-4-7-14)13-15-8-5-10-18(15)11-9-16/h2-4,6-7,15H,5,8-13,16H2,1H3. The molecule has 1 fully saturated rings. The Kier molecular flexibility index (Phi) is 5.17. The van der Waals surface area contributed by atoms with Crippen LogP contribution in [0, 0.1) is 0 Å². The van der Waals surface area contributed by atoms with Gasteiger partial charge in [-0.3, -0.25) is 4.90 Å². The lowest BCUT2D eigenvalue weighted by atomic mass is 10.2. The second-order valence-corrected chi connectivity index (χ2v) is 5.30. The first-order chi connectivity index (χ1) is 8.79. The molecule has 18 heavy (non-hydrogen) atoms. The van der Waals surface area contributed by atoms with Gasteiger partial charge >= 0.3 is 0 Å². The van der Waals surface area contributed by atoms with Crippen LogP contribution in [-0.4, -0.2) is 49.1 Å². The summed E-state index contributed by atoms with van der Waals surface area (Å²) in [4.78, 5) is 4.97. The van der Waals surface area contributed by atoms with Crippen molar-refractivity contribution in [2.75, 3.05) is 33.2 Å².